The van der Waals surface area contributed by atoms with E-state index in [1.165, 1.54) is 24.3 Å². The van der Waals surface area contributed by atoms with Gasteiger partial charge in [-0.05, 0) is 23.6 Å². The Morgan fingerprint density at radius 1 is 1.04 bits per heavy atom. The fraction of sp³-hybridized carbons (Fsp3) is 0.263. The second-order valence-corrected chi connectivity index (χ2v) is 5.93. The molecule has 26 heavy (non-hydrogen) atoms. The van der Waals surface area contributed by atoms with Gasteiger partial charge in [0.2, 0.25) is 5.91 Å². The number of non-ortho nitro benzene ring substituents is 1. The minimum absolute atomic E-state index is 0.0755. The molecular weight excluding hydrogens is 334 g/mol. The highest BCUT2D eigenvalue weighted by molar-refractivity contribution is 5.94. The smallest absolute Gasteiger partial charge is 0.269 e. The van der Waals surface area contributed by atoms with Crippen LogP contribution in [-0.4, -0.2) is 29.8 Å². The monoisotopic (exact) mass is 355 g/mol. The largest absolute Gasteiger partial charge is 0.355 e. The maximum atomic E-state index is 11.9. The standard InChI is InChI=1S/C19H21N3O4/c1-14(15-5-3-2-4-6-15)13-21-18(23)11-12-20-19(24)16-7-9-17(10-8-16)22(25)26/h2-10,14H,11-13H2,1H3,(H,20,24)(H,21,23)/t14-/m1/s1. The second-order valence-electron chi connectivity index (χ2n) is 5.93. The van der Waals surface area contributed by atoms with E-state index in [-0.39, 0.29) is 36.4 Å². The van der Waals surface area contributed by atoms with E-state index in [1.54, 1.807) is 0 Å². The van der Waals surface area contributed by atoms with Crippen molar-refractivity contribution in [2.45, 2.75) is 19.3 Å². The average Bonchev–Trinajstić information content (AvgIpc) is 2.66. The van der Waals surface area contributed by atoms with Gasteiger partial charge in [0, 0.05) is 37.2 Å². The molecule has 0 heterocycles. The van der Waals surface area contributed by atoms with Crippen LogP contribution in [0, 0.1) is 10.1 Å². The Hall–Kier alpha value is -3.22. The Morgan fingerprint density at radius 3 is 2.31 bits per heavy atom. The lowest BCUT2D eigenvalue weighted by atomic mass is 10.0. The molecule has 2 aromatic rings. The molecule has 0 aliphatic heterocycles. The molecule has 0 radical (unpaired) electrons. The topological polar surface area (TPSA) is 101 Å². The minimum atomic E-state index is -0.525. The van der Waals surface area contributed by atoms with Gasteiger partial charge in [0.15, 0.2) is 0 Å². The van der Waals surface area contributed by atoms with Gasteiger partial charge in [0.25, 0.3) is 11.6 Å². The van der Waals surface area contributed by atoms with E-state index in [9.17, 15) is 19.7 Å². The summed E-state index contributed by atoms with van der Waals surface area (Å²) in [7, 11) is 0. The zero-order chi connectivity index (χ0) is 18.9. The Balaban J connectivity index is 1.70. The molecule has 0 saturated heterocycles. The Bertz CT molecular complexity index is 760. The van der Waals surface area contributed by atoms with Gasteiger partial charge in [-0.1, -0.05) is 37.3 Å². The van der Waals surface area contributed by atoms with Crippen LogP contribution in [0.5, 0.6) is 0 Å². The predicted molar refractivity (Wildman–Crippen MR) is 97.9 cm³/mol. The number of nitrogens with zero attached hydrogens (tertiary/aromatic N) is 1. The van der Waals surface area contributed by atoms with Gasteiger partial charge < -0.3 is 10.6 Å². The number of carbonyl (C=O) groups excluding carboxylic acids is 2. The number of carbonyl (C=O) groups is 2. The van der Waals surface area contributed by atoms with Crippen molar-refractivity contribution in [3.63, 3.8) is 0 Å². The van der Waals surface area contributed by atoms with Gasteiger partial charge in [0.1, 0.15) is 0 Å². The molecule has 2 aromatic carbocycles. The number of nitrogens with one attached hydrogen (secondary N) is 2. The summed E-state index contributed by atoms with van der Waals surface area (Å²) in [5.74, 6) is -0.308. The van der Waals surface area contributed by atoms with Crippen molar-refractivity contribution in [2.24, 2.45) is 0 Å². The summed E-state index contributed by atoms with van der Waals surface area (Å²) in [6.45, 7) is 2.76. The number of benzene rings is 2. The maximum absolute atomic E-state index is 11.9. The highest BCUT2D eigenvalue weighted by atomic mass is 16.6. The first-order valence-electron chi connectivity index (χ1n) is 8.31. The van der Waals surface area contributed by atoms with Crippen molar-refractivity contribution < 1.29 is 14.5 Å². The lowest BCUT2D eigenvalue weighted by molar-refractivity contribution is -0.384. The van der Waals surface area contributed by atoms with Crippen molar-refractivity contribution >= 4 is 17.5 Å². The van der Waals surface area contributed by atoms with E-state index in [4.69, 9.17) is 0 Å². The fourth-order valence-electron chi connectivity index (χ4n) is 2.38. The molecule has 0 saturated carbocycles. The highest BCUT2D eigenvalue weighted by Crippen LogP contribution is 2.13. The molecule has 7 nitrogen and oxygen atoms in total. The Morgan fingerprint density at radius 2 is 1.69 bits per heavy atom. The first-order chi connectivity index (χ1) is 12.5. The molecule has 0 spiro atoms. The summed E-state index contributed by atoms with van der Waals surface area (Å²) in [5, 5.41) is 16.1. The van der Waals surface area contributed by atoms with Crippen LogP contribution in [0.1, 0.15) is 35.2 Å². The third-order valence-corrected chi connectivity index (χ3v) is 3.95. The number of amides is 2. The number of hydrogen-bond donors (Lipinski definition) is 2. The molecule has 2 N–H and O–H groups in total. The van der Waals surface area contributed by atoms with Crippen molar-refractivity contribution in [2.75, 3.05) is 13.1 Å². The fourth-order valence-corrected chi connectivity index (χ4v) is 2.38. The zero-order valence-corrected chi connectivity index (χ0v) is 14.5. The zero-order valence-electron chi connectivity index (χ0n) is 14.5. The predicted octanol–water partition coefficient (Wildman–Crippen LogP) is 2.63. The molecule has 0 bridgehead atoms. The molecule has 2 rings (SSSR count). The third kappa shape index (κ3) is 5.70. The van der Waals surface area contributed by atoms with Crippen molar-refractivity contribution in [1.29, 1.82) is 0 Å². The van der Waals surface area contributed by atoms with E-state index in [0.29, 0.717) is 12.1 Å². The van der Waals surface area contributed by atoms with Crippen LogP contribution >= 0.6 is 0 Å². The molecular formula is C19H21N3O4. The van der Waals surface area contributed by atoms with E-state index < -0.39 is 4.92 Å². The SMILES string of the molecule is C[C@H](CNC(=O)CCNC(=O)c1ccc([N+](=O)[O-])cc1)c1ccccc1. The van der Waals surface area contributed by atoms with Crippen LogP contribution < -0.4 is 10.6 Å². The molecule has 0 aliphatic carbocycles. The van der Waals surface area contributed by atoms with Crippen LogP contribution in [-0.2, 0) is 4.79 Å². The summed E-state index contributed by atoms with van der Waals surface area (Å²) in [6.07, 6.45) is 0.167. The molecule has 7 heteroatoms. The van der Waals surface area contributed by atoms with Crippen LogP contribution in [0.25, 0.3) is 0 Å². The van der Waals surface area contributed by atoms with E-state index >= 15 is 0 Å². The number of nitro groups is 1. The van der Waals surface area contributed by atoms with E-state index in [2.05, 4.69) is 10.6 Å². The van der Waals surface area contributed by atoms with Gasteiger partial charge in [-0.15, -0.1) is 0 Å². The first-order valence-corrected chi connectivity index (χ1v) is 8.31. The lowest BCUT2D eigenvalue weighted by Crippen LogP contribution is -2.32. The quantitative estimate of drug-likeness (QED) is 0.561. The summed E-state index contributed by atoms with van der Waals surface area (Å²) >= 11 is 0. The maximum Gasteiger partial charge on any atom is 0.269 e. The van der Waals surface area contributed by atoms with Crippen LogP contribution in [0.2, 0.25) is 0 Å². The Labute approximate surface area is 151 Å². The van der Waals surface area contributed by atoms with Gasteiger partial charge in [-0.3, -0.25) is 19.7 Å². The Kier molecular flexibility index (Phi) is 6.84. The number of hydrogen-bond acceptors (Lipinski definition) is 4. The van der Waals surface area contributed by atoms with E-state index in [1.807, 2.05) is 37.3 Å². The van der Waals surface area contributed by atoms with Crippen molar-refractivity contribution in [3.05, 3.63) is 75.8 Å². The molecule has 0 fully saturated rings. The summed E-state index contributed by atoms with van der Waals surface area (Å²) in [6, 6.07) is 15.2. The average molecular weight is 355 g/mol. The molecule has 0 aliphatic rings. The van der Waals surface area contributed by atoms with Crippen LogP contribution in [0.15, 0.2) is 54.6 Å². The highest BCUT2D eigenvalue weighted by Gasteiger charge is 2.11. The summed E-state index contributed by atoms with van der Waals surface area (Å²) in [5.41, 5.74) is 1.39. The molecule has 136 valence electrons. The van der Waals surface area contributed by atoms with Crippen LogP contribution in [0.3, 0.4) is 0 Å². The number of nitro benzene ring substituents is 1. The van der Waals surface area contributed by atoms with Gasteiger partial charge >= 0.3 is 0 Å². The van der Waals surface area contributed by atoms with Gasteiger partial charge in [-0.25, -0.2) is 0 Å². The summed E-state index contributed by atoms with van der Waals surface area (Å²) < 4.78 is 0. The normalized spacial score (nSPS) is 11.4. The molecule has 1 atom stereocenters. The van der Waals surface area contributed by atoms with Crippen LogP contribution in [0.4, 0.5) is 5.69 Å². The number of rotatable bonds is 8. The molecule has 0 unspecified atom stereocenters. The van der Waals surface area contributed by atoms with Gasteiger partial charge in [0.05, 0.1) is 4.92 Å². The third-order valence-electron chi connectivity index (χ3n) is 3.95. The molecule has 0 aromatic heterocycles. The van der Waals surface area contributed by atoms with Crippen molar-refractivity contribution in [3.8, 4) is 0 Å². The van der Waals surface area contributed by atoms with Crippen molar-refractivity contribution in [1.82, 2.24) is 10.6 Å². The lowest BCUT2D eigenvalue weighted by Gasteiger charge is -2.13. The van der Waals surface area contributed by atoms with Gasteiger partial charge in [-0.2, -0.15) is 0 Å². The van der Waals surface area contributed by atoms with E-state index in [0.717, 1.165) is 5.56 Å². The summed E-state index contributed by atoms with van der Waals surface area (Å²) in [4.78, 5) is 33.9. The second kappa shape index (κ2) is 9.31. The molecule has 2 amide bonds. The first kappa shape index (κ1) is 19.1. The minimum Gasteiger partial charge on any atom is -0.355 e.